The molecule has 9 heteroatoms. The molecule has 1 N–H and O–H groups in total. The minimum atomic E-state index is -3.97. The van der Waals surface area contributed by atoms with Crippen LogP contribution in [0.25, 0.3) is 0 Å². The zero-order valence-electron chi connectivity index (χ0n) is 17.9. The van der Waals surface area contributed by atoms with E-state index in [-0.39, 0.29) is 27.5 Å². The van der Waals surface area contributed by atoms with Gasteiger partial charge >= 0.3 is 0 Å². The summed E-state index contributed by atoms with van der Waals surface area (Å²) >= 11 is 12.0. The van der Waals surface area contributed by atoms with Crippen LogP contribution in [0.5, 0.6) is 5.75 Å². The van der Waals surface area contributed by atoms with Gasteiger partial charge in [-0.1, -0.05) is 37.0 Å². The van der Waals surface area contributed by atoms with Crippen LogP contribution in [0.1, 0.15) is 34.1 Å². The molecule has 1 amide bonds. The Balaban J connectivity index is 1.96. The quantitative estimate of drug-likeness (QED) is 0.579. The Hall–Kier alpha value is -1.96. The van der Waals surface area contributed by atoms with Gasteiger partial charge < -0.3 is 9.64 Å². The zero-order chi connectivity index (χ0) is 23.0. The van der Waals surface area contributed by atoms with Gasteiger partial charge in [0.1, 0.15) is 17.3 Å². The number of benzene rings is 2. The number of carbonyl (C=O) groups is 1. The molecule has 1 aliphatic rings. The number of nitrogens with one attached hydrogen (secondary N) is 1. The smallest absolute Gasteiger partial charge is 0.263 e. The first-order valence-corrected chi connectivity index (χ1v) is 12.2. The van der Waals surface area contributed by atoms with Crippen molar-refractivity contribution in [1.82, 2.24) is 0 Å². The summed E-state index contributed by atoms with van der Waals surface area (Å²) in [6, 6.07) is 9.13. The minimum Gasteiger partial charge on any atom is -0.490 e. The number of sulfonamides is 1. The van der Waals surface area contributed by atoms with E-state index in [1.165, 1.54) is 18.2 Å². The van der Waals surface area contributed by atoms with Gasteiger partial charge in [-0.05, 0) is 56.5 Å². The highest BCUT2D eigenvalue weighted by molar-refractivity contribution is 7.92. The molecule has 2 aromatic rings. The highest BCUT2D eigenvalue weighted by Gasteiger charge is 2.37. The van der Waals surface area contributed by atoms with E-state index in [0.29, 0.717) is 29.6 Å². The lowest BCUT2D eigenvalue weighted by molar-refractivity contribution is -0.127. The Morgan fingerprint density at radius 3 is 2.55 bits per heavy atom. The number of rotatable bonds is 6. The summed E-state index contributed by atoms with van der Waals surface area (Å²) in [6.07, 6.45) is 0.836. The van der Waals surface area contributed by atoms with E-state index in [0.717, 1.165) is 6.42 Å². The lowest BCUT2D eigenvalue weighted by atomic mass is 9.92. The van der Waals surface area contributed by atoms with Crippen molar-refractivity contribution in [2.75, 3.05) is 22.8 Å². The Bertz CT molecular complexity index is 1100. The van der Waals surface area contributed by atoms with E-state index < -0.39 is 15.4 Å². The van der Waals surface area contributed by atoms with Crippen molar-refractivity contribution in [2.45, 2.75) is 39.0 Å². The molecule has 0 radical (unpaired) electrons. The largest absolute Gasteiger partial charge is 0.490 e. The number of hydrogen-bond acceptors (Lipinski definition) is 4. The predicted octanol–water partition coefficient (Wildman–Crippen LogP) is 5.59. The van der Waals surface area contributed by atoms with Gasteiger partial charge in [0.15, 0.2) is 0 Å². The van der Waals surface area contributed by atoms with Gasteiger partial charge in [-0.3, -0.25) is 9.52 Å². The lowest BCUT2D eigenvalue weighted by Gasteiger charge is -2.28. The number of carbonyl (C=O) groups excluding carboxylic acids is 1. The SMILES string of the molecule is CC(C)CCN1C(=O)C(C)(C)COc2cc(NS(=O)(=O)c3cc(Cl)ccc3Cl)ccc21. The second kappa shape index (κ2) is 8.88. The molecule has 0 bridgehead atoms. The second-order valence-corrected chi connectivity index (χ2v) is 11.2. The molecule has 0 spiro atoms. The number of amides is 1. The van der Waals surface area contributed by atoms with Gasteiger partial charge in [-0.2, -0.15) is 0 Å². The fourth-order valence-electron chi connectivity index (χ4n) is 3.21. The summed E-state index contributed by atoms with van der Waals surface area (Å²) in [5.41, 5.74) is 0.218. The summed E-state index contributed by atoms with van der Waals surface area (Å²) in [6.45, 7) is 8.63. The monoisotopic (exact) mass is 484 g/mol. The number of ether oxygens (including phenoxy) is 1. The molecule has 0 unspecified atom stereocenters. The van der Waals surface area contributed by atoms with E-state index in [1.807, 2.05) is 13.8 Å². The molecule has 0 saturated carbocycles. The number of nitrogens with zero attached hydrogens (tertiary/aromatic N) is 1. The van der Waals surface area contributed by atoms with E-state index in [1.54, 1.807) is 23.1 Å². The third kappa shape index (κ3) is 5.27. The third-order valence-electron chi connectivity index (χ3n) is 5.03. The topological polar surface area (TPSA) is 75.7 Å². The fraction of sp³-hybridized carbons (Fsp3) is 0.409. The van der Waals surface area contributed by atoms with Crippen molar-refractivity contribution in [3.63, 3.8) is 0 Å². The lowest BCUT2D eigenvalue weighted by Crippen LogP contribution is -2.42. The molecule has 1 aliphatic heterocycles. The van der Waals surface area contributed by atoms with E-state index in [4.69, 9.17) is 27.9 Å². The van der Waals surface area contributed by atoms with Crippen LogP contribution in [-0.4, -0.2) is 27.5 Å². The maximum Gasteiger partial charge on any atom is 0.263 e. The summed E-state index contributed by atoms with van der Waals surface area (Å²) in [4.78, 5) is 14.7. The van der Waals surface area contributed by atoms with Crippen molar-refractivity contribution in [3.8, 4) is 5.75 Å². The van der Waals surface area contributed by atoms with Crippen LogP contribution in [0.15, 0.2) is 41.3 Å². The Morgan fingerprint density at radius 2 is 1.87 bits per heavy atom. The molecule has 0 saturated heterocycles. The predicted molar refractivity (Wildman–Crippen MR) is 125 cm³/mol. The molecule has 6 nitrogen and oxygen atoms in total. The van der Waals surface area contributed by atoms with Crippen LogP contribution in [-0.2, 0) is 14.8 Å². The van der Waals surface area contributed by atoms with E-state index in [2.05, 4.69) is 18.6 Å². The van der Waals surface area contributed by atoms with Crippen molar-refractivity contribution < 1.29 is 17.9 Å². The summed E-state index contributed by atoms with van der Waals surface area (Å²) in [5, 5.41) is 0.326. The Morgan fingerprint density at radius 1 is 1.16 bits per heavy atom. The normalized spacial score (nSPS) is 16.0. The van der Waals surface area contributed by atoms with Crippen molar-refractivity contribution in [1.29, 1.82) is 0 Å². The highest BCUT2D eigenvalue weighted by Crippen LogP contribution is 2.39. The molecule has 1 heterocycles. The Labute approximate surface area is 193 Å². The van der Waals surface area contributed by atoms with E-state index >= 15 is 0 Å². The summed E-state index contributed by atoms with van der Waals surface area (Å²) in [5.74, 6) is 0.850. The highest BCUT2D eigenvalue weighted by atomic mass is 35.5. The molecule has 0 atom stereocenters. The number of halogens is 2. The standard InChI is InChI=1S/C22H26Cl2N2O4S/c1-14(2)9-10-26-18-8-6-16(12-19(18)30-13-22(3,4)21(26)27)25-31(28,29)20-11-15(23)5-7-17(20)24/h5-8,11-12,14,25H,9-10,13H2,1-4H3. The van der Waals surface area contributed by atoms with Crippen LogP contribution >= 0.6 is 23.2 Å². The van der Waals surface area contributed by atoms with Gasteiger partial charge in [0.2, 0.25) is 5.91 Å². The average molecular weight is 485 g/mol. The van der Waals surface area contributed by atoms with Crippen LogP contribution in [0.4, 0.5) is 11.4 Å². The van der Waals surface area contributed by atoms with Gasteiger partial charge in [-0.25, -0.2) is 8.42 Å². The van der Waals surface area contributed by atoms with Crippen molar-refractivity contribution in [2.24, 2.45) is 11.3 Å². The molecular formula is C22H26Cl2N2O4S. The maximum absolute atomic E-state index is 13.1. The molecule has 0 aliphatic carbocycles. The van der Waals surface area contributed by atoms with Gasteiger partial charge in [0.25, 0.3) is 10.0 Å². The Kier molecular flexibility index (Phi) is 6.79. The fourth-order valence-corrected chi connectivity index (χ4v) is 5.03. The van der Waals surface area contributed by atoms with Gasteiger partial charge in [0.05, 0.1) is 21.8 Å². The number of hydrogen-bond donors (Lipinski definition) is 1. The molecule has 168 valence electrons. The zero-order valence-corrected chi connectivity index (χ0v) is 20.2. The second-order valence-electron chi connectivity index (χ2n) is 8.67. The van der Waals surface area contributed by atoms with Crippen LogP contribution in [0, 0.1) is 11.3 Å². The first-order valence-electron chi connectivity index (χ1n) is 9.97. The maximum atomic E-state index is 13.1. The average Bonchev–Trinajstić information content (AvgIpc) is 2.77. The van der Waals surface area contributed by atoms with Crippen molar-refractivity contribution >= 4 is 50.5 Å². The molecule has 31 heavy (non-hydrogen) atoms. The number of anilines is 2. The summed E-state index contributed by atoms with van der Waals surface area (Å²) in [7, 11) is -3.97. The van der Waals surface area contributed by atoms with Crippen LogP contribution < -0.4 is 14.4 Å². The third-order valence-corrected chi connectivity index (χ3v) is 7.13. The first kappa shape index (κ1) is 23.7. The summed E-state index contributed by atoms with van der Waals surface area (Å²) < 4.78 is 34.1. The van der Waals surface area contributed by atoms with Gasteiger partial charge in [-0.15, -0.1) is 0 Å². The van der Waals surface area contributed by atoms with Crippen LogP contribution in [0.3, 0.4) is 0 Å². The molecule has 3 rings (SSSR count). The van der Waals surface area contributed by atoms with E-state index in [9.17, 15) is 13.2 Å². The molecule has 0 aromatic heterocycles. The first-order chi connectivity index (χ1) is 14.4. The molecular weight excluding hydrogens is 459 g/mol. The van der Waals surface area contributed by atoms with Crippen LogP contribution in [0.2, 0.25) is 10.0 Å². The molecule has 0 fully saturated rings. The minimum absolute atomic E-state index is 0.0223. The van der Waals surface area contributed by atoms with Gasteiger partial charge in [0, 0.05) is 17.6 Å². The number of fused-ring (bicyclic) bond motifs is 1. The van der Waals surface area contributed by atoms with Crippen molar-refractivity contribution in [3.05, 3.63) is 46.4 Å². The molecule has 2 aromatic carbocycles.